The lowest BCUT2D eigenvalue weighted by Gasteiger charge is -2.37. The second-order valence-corrected chi connectivity index (χ2v) is 7.10. The minimum absolute atomic E-state index is 0.0472. The molecule has 6 nitrogen and oxygen atoms in total. The van der Waals surface area contributed by atoms with Gasteiger partial charge in [0.15, 0.2) is 5.78 Å². The first-order chi connectivity index (χ1) is 13.2. The van der Waals surface area contributed by atoms with E-state index in [9.17, 15) is 9.59 Å². The molecule has 0 N–H and O–H groups in total. The first kappa shape index (κ1) is 17.6. The molecule has 1 fully saturated rings. The van der Waals surface area contributed by atoms with Gasteiger partial charge in [0.1, 0.15) is 11.5 Å². The zero-order valence-electron chi connectivity index (χ0n) is 15.5. The van der Waals surface area contributed by atoms with Crippen molar-refractivity contribution in [3.05, 3.63) is 47.9 Å². The molecule has 1 unspecified atom stereocenters. The van der Waals surface area contributed by atoms with Crippen LogP contribution in [0.5, 0.6) is 5.75 Å². The number of ether oxygens (including phenoxy) is 1. The number of piperazine rings is 1. The SMILES string of the molecule is COc1ccccc1N1CCN(C(=O)CC2CCc3occc3C2=O)CC1. The normalized spacial score (nSPS) is 19.7. The lowest BCUT2D eigenvalue weighted by atomic mass is 9.84. The lowest BCUT2D eigenvalue weighted by molar-refractivity contribution is -0.132. The van der Waals surface area contributed by atoms with Crippen LogP contribution in [0.15, 0.2) is 41.0 Å². The summed E-state index contributed by atoms with van der Waals surface area (Å²) in [5.41, 5.74) is 1.71. The standard InChI is InChI=1S/C21H24N2O4/c1-26-19-5-3-2-4-17(19)22-9-11-23(12-10-22)20(24)14-15-6-7-18-16(21(15)25)8-13-27-18/h2-5,8,13,15H,6-7,9-12,14H2,1H3. The van der Waals surface area contributed by atoms with Gasteiger partial charge in [0.2, 0.25) is 5.91 Å². The Bertz CT molecular complexity index is 836. The zero-order chi connectivity index (χ0) is 18.8. The van der Waals surface area contributed by atoms with Gasteiger partial charge in [-0.15, -0.1) is 0 Å². The average Bonchev–Trinajstić information content (AvgIpc) is 3.20. The third kappa shape index (κ3) is 3.44. The van der Waals surface area contributed by atoms with Gasteiger partial charge in [-0.25, -0.2) is 0 Å². The number of methoxy groups -OCH3 is 1. The van der Waals surface area contributed by atoms with E-state index in [4.69, 9.17) is 9.15 Å². The number of furan rings is 1. The monoisotopic (exact) mass is 368 g/mol. The maximum Gasteiger partial charge on any atom is 0.223 e. The second-order valence-electron chi connectivity index (χ2n) is 7.10. The van der Waals surface area contributed by atoms with Crippen LogP contribution in [0.4, 0.5) is 5.69 Å². The average molecular weight is 368 g/mol. The Morgan fingerprint density at radius 3 is 2.74 bits per heavy atom. The fourth-order valence-electron chi connectivity index (χ4n) is 4.03. The van der Waals surface area contributed by atoms with Gasteiger partial charge in [-0.05, 0) is 24.6 Å². The van der Waals surface area contributed by atoms with Crippen LogP contribution in [0.25, 0.3) is 0 Å². The number of aryl methyl sites for hydroxylation is 1. The number of amides is 1. The molecule has 1 aromatic carbocycles. The van der Waals surface area contributed by atoms with Crippen LogP contribution in [-0.4, -0.2) is 49.9 Å². The summed E-state index contributed by atoms with van der Waals surface area (Å²) in [6, 6.07) is 9.66. The summed E-state index contributed by atoms with van der Waals surface area (Å²) in [6.45, 7) is 2.84. The van der Waals surface area contributed by atoms with Crippen molar-refractivity contribution in [3.63, 3.8) is 0 Å². The number of carbonyl (C=O) groups excluding carboxylic acids is 2. The summed E-state index contributed by atoms with van der Waals surface area (Å²) < 4.78 is 10.8. The van der Waals surface area contributed by atoms with Gasteiger partial charge in [-0.3, -0.25) is 9.59 Å². The van der Waals surface area contributed by atoms with E-state index in [1.54, 1.807) is 19.4 Å². The van der Waals surface area contributed by atoms with Gasteiger partial charge in [0.05, 0.1) is 24.6 Å². The van der Waals surface area contributed by atoms with Crippen molar-refractivity contribution in [3.8, 4) is 5.75 Å². The Labute approximate surface area is 158 Å². The summed E-state index contributed by atoms with van der Waals surface area (Å²) in [5.74, 6) is 1.50. The Balaban J connectivity index is 1.35. The lowest BCUT2D eigenvalue weighted by Crippen LogP contribution is -2.49. The summed E-state index contributed by atoms with van der Waals surface area (Å²) >= 11 is 0. The van der Waals surface area contributed by atoms with Gasteiger partial charge in [0, 0.05) is 44.9 Å². The highest BCUT2D eigenvalue weighted by molar-refractivity contribution is 6.01. The van der Waals surface area contributed by atoms with Crippen molar-refractivity contribution in [2.45, 2.75) is 19.3 Å². The molecule has 1 aliphatic carbocycles. The number of carbonyl (C=O) groups is 2. The van der Waals surface area contributed by atoms with E-state index in [1.807, 2.05) is 29.2 Å². The molecule has 1 saturated heterocycles. The number of benzene rings is 1. The number of fused-ring (bicyclic) bond motifs is 1. The van der Waals surface area contributed by atoms with Crippen LogP contribution in [0.1, 0.15) is 29.0 Å². The minimum atomic E-state index is -0.227. The number of ketones is 1. The number of hydrogen-bond donors (Lipinski definition) is 0. The van der Waals surface area contributed by atoms with E-state index in [1.165, 1.54) is 0 Å². The smallest absolute Gasteiger partial charge is 0.223 e. The van der Waals surface area contributed by atoms with Crippen molar-refractivity contribution >= 4 is 17.4 Å². The minimum Gasteiger partial charge on any atom is -0.495 e. The molecule has 1 atom stereocenters. The highest BCUT2D eigenvalue weighted by Gasteiger charge is 2.33. The summed E-state index contributed by atoms with van der Waals surface area (Å²) in [7, 11) is 1.67. The fourth-order valence-corrected chi connectivity index (χ4v) is 4.03. The molecule has 1 amide bonds. The number of para-hydroxylation sites is 2. The molecule has 6 heteroatoms. The van der Waals surface area contributed by atoms with Crippen molar-refractivity contribution in [1.29, 1.82) is 0 Å². The number of nitrogens with zero attached hydrogens (tertiary/aromatic N) is 2. The Morgan fingerprint density at radius 1 is 1.19 bits per heavy atom. The predicted octanol–water partition coefficient (Wildman–Crippen LogP) is 2.77. The molecule has 4 rings (SSSR count). The zero-order valence-corrected chi connectivity index (χ0v) is 15.5. The maximum atomic E-state index is 12.7. The van der Waals surface area contributed by atoms with Gasteiger partial charge in [-0.2, -0.15) is 0 Å². The maximum absolute atomic E-state index is 12.7. The van der Waals surface area contributed by atoms with Crippen LogP contribution >= 0.6 is 0 Å². The quantitative estimate of drug-likeness (QED) is 0.830. The second kappa shape index (κ2) is 7.47. The summed E-state index contributed by atoms with van der Waals surface area (Å²) in [6.07, 6.45) is 3.27. The van der Waals surface area contributed by atoms with Crippen molar-refractivity contribution in [2.75, 3.05) is 38.2 Å². The van der Waals surface area contributed by atoms with E-state index in [2.05, 4.69) is 4.90 Å². The van der Waals surface area contributed by atoms with Crippen LogP contribution in [0.2, 0.25) is 0 Å². The molecular formula is C21H24N2O4. The van der Waals surface area contributed by atoms with Crippen LogP contribution in [-0.2, 0) is 11.2 Å². The molecule has 142 valence electrons. The van der Waals surface area contributed by atoms with Crippen molar-refractivity contribution in [2.24, 2.45) is 5.92 Å². The molecule has 2 heterocycles. The fraction of sp³-hybridized carbons (Fsp3) is 0.429. The summed E-state index contributed by atoms with van der Waals surface area (Å²) in [4.78, 5) is 29.4. The largest absolute Gasteiger partial charge is 0.495 e. The van der Waals surface area contributed by atoms with E-state index in [-0.39, 0.29) is 24.0 Å². The molecule has 0 bridgehead atoms. The number of rotatable bonds is 4. The number of hydrogen-bond acceptors (Lipinski definition) is 5. The Hall–Kier alpha value is -2.76. The molecular weight excluding hydrogens is 344 g/mol. The number of anilines is 1. The third-order valence-corrected chi connectivity index (χ3v) is 5.58. The summed E-state index contributed by atoms with van der Waals surface area (Å²) in [5, 5.41) is 0. The molecule has 2 aromatic rings. The van der Waals surface area contributed by atoms with Crippen molar-refractivity contribution in [1.82, 2.24) is 4.90 Å². The van der Waals surface area contributed by atoms with E-state index in [0.29, 0.717) is 25.1 Å². The molecule has 0 saturated carbocycles. The molecule has 27 heavy (non-hydrogen) atoms. The van der Waals surface area contributed by atoms with Crippen LogP contribution in [0, 0.1) is 5.92 Å². The van der Waals surface area contributed by atoms with Crippen molar-refractivity contribution < 1.29 is 18.7 Å². The van der Waals surface area contributed by atoms with Crippen LogP contribution < -0.4 is 9.64 Å². The highest BCUT2D eigenvalue weighted by atomic mass is 16.5. The topological polar surface area (TPSA) is 63.0 Å². The van der Waals surface area contributed by atoms with Gasteiger partial charge in [0.25, 0.3) is 0 Å². The van der Waals surface area contributed by atoms with E-state index >= 15 is 0 Å². The molecule has 0 spiro atoms. The van der Waals surface area contributed by atoms with Crippen LogP contribution in [0.3, 0.4) is 0 Å². The molecule has 1 aliphatic heterocycles. The predicted molar refractivity (Wildman–Crippen MR) is 101 cm³/mol. The van der Waals surface area contributed by atoms with Gasteiger partial charge >= 0.3 is 0 Å². The molecule has 2 aliphatic rings. The van der Waals surface area contributed by atoms with E-state index in [0.717, 1.165) is 36.7 Å². The van der Waals surface area contributed by atoms with Gasteiger partial charge in [-0.1, -0.05) is 12.1 Å². The van der Waals surface area contributed by atoms with E-state index < -0.39 is 0 Å². The first-order valence-corrected chi connectivity index (χ1v) is 9.43. The molecule has 1 aromatic heterocycles. The number of Topliss-reactive ketones (excluding diaryl/α,β-unsaturated/α-hetero) is 1. The first-order valence-electron chi connectivity index (χ1n) is 9.43. The Kier molecular flexibility index (Phi) is 4.88. The third-order valence-electron chi connectivity index (χ3n) is 5.58. The Morgan fingerprint density at radius 2 is 1.96 bits per heavy atom. The highest BCUT2D eigenvalue weighted by Crippen LogP contribution is 2.30. The molecule has 0 radical (unpaired) electrons. The van der Waals surface area contributed by atoms with Gasteiger partial charge < -0.3 is 19.0 Å².